The average Bonchev–Trinajstić information content (AvgIpc) is 3.16. The van der Waals surface area contributed by atoms with Crippen molar-refractivity contribution in [1.82, 2.24) is 9.97 Å². The van der Waals surface area contributed by atoms with Crippen LogP contribution >= 0.6 is 0 Å². The molecule has 2 heterocycles. The lowest BCUT2D eigenvalue weighted by Crippen LogP contribution is -2.19. The monoisotopic (exact) mass is 309 g/mol. The van der Waals surface area contributed by atoms with Gasteiger partial charge in [0.2, 0.25) is 0 Å². The highest BCUT2D eigenvalue weighted by atomic mass is 19.1. The third kappa shape index (κ3) is 2.65. The summed E-state index contributed by atoms with van der Waals surface area (Å²) in [5.74, 6) is -0.496. The number of aromatic amines is 1. The Morgan fingerprint density at radius 1 is 1.17 bits per heavy atom. The Morgan fingerprint density at radius 3 is 2.87 bits per heavy atom. The Balaban J connectivity index is 1.69. The van der Waals surface area contributed by atoms with Gasteiger partial charge in [-0.05, 0) is 41.3 Å². The van der Waals surface area contributed by atoms with Crippen molar-refractivity contribution in [2.45, 2.75) is 13.0 Å². The highest BCUT2D eigenvalue weighted by Crippen LogP contribution is 2.34. The fourth-order valence-corrected chi connectivity index (χ4v) is 3.11. The lowest BCUT2D eigenvalue weighted by atomic mass is 10.0. The van der Waals surface area contributed by atoms with Gasteiger partial charge in [0.25, 0.3) is 0 Å². The first-order valence-electron chi connectivity index (χ1n) is 7.54. The van der Waals surface area contributed by atoms with Crippen molar-refractivity contribution in [3.63, 3.8) is 0 Å². The molecular formula is C18H16FN3O. The molecule has 0 radical (unpaired) electrons. The van der Waals surface area contributed by atoms with Crippen molar-refractivity contribution in [3.8, 4) is 16.9 Å². The summed E-state index contributed by atoms with van der Waals surface area (Å²) in [6.45, 7) is 1.72. The van der Waals surface area contributed by atoms with Crippen LogP contribution in [0.5, 0.6) is 5.75 Å². The van der Waals surface area contributed by atoms with Gasteiger partial charge < -0.3 is 15.0 Å². The largest absolute Gasteiger partial charge is 0.508 e. The maximum atomic E-state index is 13.5. The Hall–Kier alpha value is -2.82. The van der Waals surface area contributed by atoms with Gasteiger partial charge in [0.1, 0.15) is 11.6 Å². The summed E-state index contributed by atoms with van der Waals surface area (Å²) in [4.78, 5) is 9.46. The van der Waals surface area contributed by atoms with Crippen LogP contribution in [0.3, 0.4) is 0 Å². The van der Waals surface area contributed by atoms with Crippen LogP contribution in [0.25, 0.3) is 11.1 Å². The van der Waals surface area contributed by atoms with Crippen molar-refractivity contribution >= 4 is 5.69 Å². The van der Waals surface area contributed by atoms with Crippen molar-refractivity contribution < 1.29 is 9.50 Å². The summed E-state index contributed by atoms with van der Waals surface area (Å²) in [5.41, 5.74) is 5.08. The molecule has 1 aliphatic rings. The standard InChI is InChI=1S/C18H16FN3O/c19-15-5-14(6-17(23)8-15)13-2-1-12-3-4-22(18(12)7-13)10-16-9-20-11-21-16/h1-2,5-9,11,23H,3-4,10H2,(H,20,21). The Morgan fingerprint density at radius 2 is 2.09 bits per heavy atom. The van der Waals surface area contributed by atoms with E-state index >= 15 is 0 Å². The molecule has 2 N–H and O–H groups in total. The second kappa shape index (κ2) is 5.43. The zero-order valence-electron chi connectivity index (χ0n) is 12.5. The second-order valence-electron chi connectivity index (χ2n) is 5.79. The van der Waals surface area contributed by atoms with E-state index in [2.05, 4.69) is 27.0 Å². The number of phenols is 1. The molecule has 1 aromatic heterocycles. The van der Waals surface area contributed by atoms with Gasteiger partial charge in [-0.25, -0.2) is 9.37 Å². The molecule has 23 heavy (non-hydrogen) atoms. The fourth-order valence-electron chi connectivity index (χ4n) is 3.11. The second-order valence-corrected chi connectivity index (χ2v) is 5.79. The Labute approximate surface area is 133 Å². The number of hydrogen-bond acceptors (Lipinski definition) is 3. The molecule has 0 unspecified atom stereocenters. The first kappa shape index (κ1) is 13.8. The van der Waals surface area contributed by atoms with E-state index in [0.29, 0.717) is 5.56 Å². The number of hydrogen-bond donors (Lipinski definition) is 2. The fraction of sp³-hybridized carbons (Fsp3) is 0.167. The van der Waals surface area contributed by atoms with E-state index in [0.717, 1.165) is 42.5 Å². The van der Waals surface area contributed by atoms with Crippen LogP contribution in [-0.2, 0) is 13.0 Å². The zero-order valence-corrected chi connectivity index (χ0v) is 12.5. The van der Waals surface area contributed by atoms with Crippen molar-refractivity contribution in [2.75, 3.05) is 11.4 Å². The highest BCUT2D eigenvalue weighted by Gasteiger charge is 2.20. The lowest BCUT2D eigenvalue weighted by molar-refractivity contribution is 0.469. The number of aromatic hydroxyl groups is 1. The predicted octanol–water partition coefficient (Wildman–Crippen LogP) is 3.48. The average molecular weight is 309 g/mol. The number of benzene rings is 2. The Bertz CT molecular complexity index is 825. The molecule has 4 rings (SSSR count). The van der Waals surface area contributed by atoms with E-state index in [1.54, 1.807) is 12.4 Å². The number of aromatic nitrogens is 2. The molecule has 2 aromatic carbocycles. The van der Waals surface area contributed by atoms with Crippen LogP contribution in [0.15, 0.2) is 48.9 Å². The third-order valence-electron chi connectivity index (χ3n) is 4.21. The topological polar surface area (TPSA) is 52.1 Å². The molecule has 5 heteroatoms. The first-order valence-corrected chi connectivity index (χ1v) is 7.54. The number of nitrogens with zero attached hydrogens (tertiary/aromatic N) is 2. The molecule has 0 spiro atoms. The SMILES string of the molecule is Oc1cc(F)cc(-c2ccc3c(c2)N(Cc2cnc[nH]2)CC3)c1. The molecule has 0 saturated heterocycles. The van der Waals surface area contributed by atoms with Crippen molar-refractivity contribution in [3.05, 3.63) is 66.0 Å². The first-order chi connectivity index (χ1) is 11.2. The van der Waals surface area contributed by atoms with Gasteiger partial charge in [0.15, 0.2) is 0 Å². The third-order valence-corrected chi connectivity index (χ3v) is 4.21. The van der Waals surface area contributed by atoms with E-state index in [-0.39, 0.29) is 5.75 Å². The van der Waals surface area contributed by atoms with E-state index in [4.69, 9.17) is 0 Å². The van der Waals surface area contributed by atoms with E-state index < -0.39 is 5.82 Å². The molecule has 0 amide bonds. The van der Waals surface area contributed by atoms with Gasteiger partial charge in [-0.2, -0.15) is 0 Å². The Kier molecular flexibility index (Phi) is 3.26. The summed E-state index contributed by atoms with van der Waals surface area (Å²) >= 11 is 0. The molecule has 3 aromatic rings. The van der Waals surface area contributed by atoms with Crippen LogP contribution in [0.1, 0.15) is 11.3 Å². The number of rotatable bonds is 3. The molecule has 0 saturated carbocycles. The number of imidazole rings is 1. The van der Waals surface area contributed by atoms with E-state index in [1.807, 2.05) is 12.3 Å². The van der Waals surface area contributed by atoms with Crippen LogP contribution in [-0.4, -0.2) is 21.6 Å². The van der Waals surface area contributed by atoms with Crippen molar-refractivity contribution in [1.29, 1.82) is 0 Å². The minimum Gasteiger partial charge on any atom is -0.508 e. The summed E-state index contributed by atoms with van der Waals surface area (Å²) in [7, 11) is 0. The van der Waals surface area contributed by atoms with Crippen molar-refractivity contribution in [2.24, 2.45) is 0 Å². The molecule has 1 aliphatic heterocycles. The minimum absolute atomic E-state index is 0.0604. The van der Waals surface area contributed by atoms with Gasteiger partial charge >= 0.3 is 0 Å². The number of anilines is 1. The molecule has 0 aliphatic carbocycles. The summed E-state index contributed by atoms with van der Waals surface area (Å²) in [6.07, 6.45) is 4.50. The number of H-pyrrole nitrogens is 1. The van der Waals surface area contributed by atoms with Crippen LogP contribution in [0, 0.1) is 5.82 Å². The number of fused-ring (bicyclic) bond motifs is 1. The number of nitrogens with one attached hydrogen (secondary N) is 1. The predicted molar refractivity (Wildman–Crippen MR) is 86.8 cm³/mol. The summed E-state index contributed by atoms with van der Waals surface area (Å²) in [5, 5.41) is 9.61. The molecule has 0 atom stereocenters. The van der Waals surface area contributed by atoms with Gasteiger partial charge in [0.05, 0.1) is 18.6 Å². The van der Waals surface area contributed by atoms with Gasteiger partial charge in [-0.15, -0.1) is 0 Å². The maximum absolute atomic E-state index is 13.5. The quantitative estimate of drug-likeness (QED) is 0.779. The highest BCUT2D eigenvalue weighted by molar-refractivity contribution is 5.73. The summed E-state index contributed by atoms with van der Waals surface area (Å²) < 4.78 is 13.5. The molecule has 0 bridgehead atoms. The van der Waals surface area contributed by atoms with Gasteiger partial charge in [-0.1, -0.05) is 12.1 Å². The van der Waals surface area contributed by atoms with Crippen LogP contribution in [0.2, 0.25) is 0 Å². The molecule has 4 nitrogen and oxygen atoms in total. The number of halogens is 1. The lowest BCUT2D eigenvalue weighted by Gasteiger charge is -2.19. The van der Waals surface area contributed by atoms with Crippen LogP contribution in [0.4, 0.5) is 10.1 Å². The van der Waals surface area contributed by atoms with Gasteiger partial charge in [-0.3, -0.25) is 0 Å². The number of phenolic OH excluding ortho intramolecular Hbond substituents is 1. The smallest absolute Gasteiger partial charge is 0.127 e. The zero-order chi connectivity index (χ0) is 15.8. The van der Waals surface area contributed by atoms with E-state index in [1.165, 1.54) is 11.6 Å². The normalized spacial score (nSPS) is 13.3. The maximum Gasteiger partial charge on any atom is 0.127 e. The summed E-state index contributed by atoms with van der Waals surface area (Å²) in [6, 6.07) is 10.3. The van der Waals surface area contributed by atoms with Gasteiger partial charge in [0, 0.05) is 24.5 Å². The molecular weight excluding hydrogens is 293 g/mol. The minimum atomic E-state index is -0.435. The van der Waals surface area contributed by atoms with E-state index in [9.17, 15) is 9.50 Å². The van der Waals surface area contributed by atoms with Crippen LogP contribution < -0.4 is 4.90 Å². The molecule has 0 fully saturated rings. The molecule has 116 valence electrons.